The van der Waals surface area contributed by atoms with Gasteiger partial charge in [0.1, 0.15) is 5.75 Å². The van der Waals surface area contributed by atoms with Crippen LogP contribution in [0.5, 0.6) is 5.75 Å². The summed E-state index contributed by atoms with van der Waals surface area (Å²) in [6.45, 7) is 2.53. The van der Waals surface area contributed by atoms with Gasteiger partial charge in [0.05, 0.1) is 12.4 Å². The smallest absolute Gasteiger partial charge is 0.159 e. The molecule has 0 saturated carbocycles. The molecule has 0 aliphatic heterocycles. The van der Waals surface area contributed by atoms with Gasteiger partial charge in [-0.1, -0.05) is 18.2 Å². The van der Waals surface area contributed by atoms with Gasteiger partial charge in [-0.15, -0.1) is 0 Å². The van der Waals surface area contributed by atoms with E-state index >= 15 is 0 Å². The standard InChI is InChI=1S/C14H16O3/c1-2-17-14-6-4-3-5-13(14)10-7-11(15)9-12(16)8-10/h3-6,9-10,15H,2,7-8H2,1H3. The lowest BCUT2D eigenvalue weighted by molar-refractivity contribution is -0.115. The molecule has 1 N–H and O–H groups in total. The summed E-state index contributed by atoms with van der Waals surface area (Å²) in [5.74, 6) is 0.973. The molecule has 3 heteroatoms. The van der Waals surface area contributed by atoms with E-state index in [4.69, 9.17) is 4.74 Å². The molecule has 1 aliphatic rings. The predicted octanol–water partition coefficient (Wildman–Crippen LogP) is 2.97. The molecule has 1 aliphatic carbocycles. The number of ether oxygens (including phenoxy) is 1. The molecule has 0 bridgehead atoms. The van der Waals surface area contributed by atoms with Crippen molar-refractivity contribution in [2.75, 3.05) is 6.61 Å². The lowest BCUT2D eigenvalue weighted by atomic mass is 9.86. The number of hydrogen-bond acceptors (Lipinski definition) is 3. The largest absolute Gasteiger partial charge is 0.512 e. The van der Waals surface area contributed by atoms with Crippen molar-refractivity contribution in [2.24, 2.45) is 0 Å². The third kappa shape index (κ3) is 2.67. The molecule has 0 radical (unpaired) electrons. The van der Waals surface area contributed by atoms with E-state index < -0.39 is 0 Å². The van der Waals surface area contributed by atoms with Crippen molar-refractivity contribution in [1.29, 1.82) is 0 Å². The molecule has 0 amide bonds. The summed E-state index contributed by atoms with van der Waals surface area (Å²) in [6.07, 6.45) is 2.27. The van der Waals surface area contributed by atoms with Crippen LogP contribution in [-0.2, 0) is 4.79 Å². The van der Waals surface area contributed by atoms with Crippen molar-refractivity contribution in [3.05, 3.63) is 41.7 Å². The first-order valence-electron chi connectivity index (χ1n) is 5.84. The van der Waals surface area contributed by atoms with E-state index in [2.05, 4.69) is 0 Å². The van der Waals surface area contributed by atoms with Crippen LogP contribution in [0, 0.1) is 0 Å². The number of carbonyl (C=O) groups excluding carboxylic acids is 1. The SMILES string of the molecule is CCOc1ccccc1C1CC(=O)C=C(O)C1. The van der Waals surface area contributed by atoms with Crippen LogP contribution in [0.2, 0.25) is 0 Å². The number of aliphatic hydroxyl groups is 1. The Morgan fingerprint density at radius 3 is 2.82 bits per heavy atom. The van der Waals surface area contributed by atoms with Gasteiger partial charge in [-0.2, -0.15) is 0 Å². The third-order valence-electron chi connectivity index (χ3n) is 2.89. The summed E-state index contributed by atoms with van der Waals surface area (Å²) >= 11 is 0. The van der Waals surface area contributed by atoms with Crippen molar-refractivity contribution in [3.63, 3.8) is 0 Å². The van der Waals surface area contributed by atoms with Gasteiger partial charge in [0.2, 0.25) is 0 Å². The average molecular weight is 232 g/mol. The molecule has 0 fully saturated rings. The first kappa shape index (κ1) is 11.7. The molecule has 0 spiro atoms. The topological polar surface area (TPSA) is 46.5 Å². The normalized spacial score (nSPS) is 19.9. The number of hydrogen-bond donors (Lipinski definition) is 1. The number of allylic oxidation sites excluding steroid dienone is 2. The van der Waals surface area contributed by atoms with Crippen molar-refractivity contribution in [1.82, 2.24) is 0 Å². The van der Waals surface area contributed by atoms with E-state index in [-0.39, 0.29) is 17.5 Å². The summed E-state index contributed by atoms with van der Waals surface area (Å²) in [6, 6.07) is 7.70. The minimum Gasteiger partial charge on any atom is -0.512 e. The van der Waals surface area contributed by atoms with Crippen LogP contribution >= 0.6 is 0 Å². The zero-order valence-electron chi connectivity index (χ0n) is 9.85. The number of benzene rings is 1. The second kappa shape index (κ2) is 5.04. The van der Waals surface area contributed by atoms with Crippen LogP contribution in [0.15, 0.2) is 36.1 Å². The molecule has 0 saturated heterocycles. The molecule has 1 atom stereocenters. The molecular formula is C14H16O3. The highest BCUT2D eigenvalue weighted by atomic mass is 16.5. The van der Waals surface area contributed by atoms with E-state index in [9.17, 15) is 9.90 Å². The number of rotatable bonds is 3. The van der Waals surface area contributed by atoms with Gasteiger partial charge in [0.25, 0.3) is 0 Å². The Hall–Kier alpha value is -1.77. The Labute approximate surface area is 101 Å². The van der Waals surface area contributed by atoms with Crippen LogP contribution in [0.3, 0.4) is 0 Å². The Morgan fingerprint density at radius 2 is 2.12 bits per heavy atom. The zero-order chi connectivity index (χ0) is 12.3. The number of carbonyl (C=O) groups is 1. The van der Waals surface area contributed by atoms with E-state index in [1.807, 2.05) is 31.2 Å². The minimum absolute atomic E-state index is 0.0231. The molecular weight excluding hydrogens is 216 g/mol. The quantitative estimate of drug-likeness (QED) is 0.871. The van der Waals surface area contributed by atoms with Crippen molar-refractivity contribution in [3.8, 4) is 5.75 Å². The number of para-hydroxylation sites is 1. The highest BCUT2D eigenvalue weighted by Crippen LogP contribution is 2.35. The summed E-state index contributed by atoms with van der Waals surface area (Å²) in [4.78, 5) is 11.4. The highest BCUT2D eigenvalue weighted by molar-refractivity contribution is 5.91. The number of aliphatic hydroxyl groups excluding tert-OH is 1. The zero-order valence-corrected chi connectivity index (χ0v) is 9.85. The van der Waals surface area contributed by atoms with E-state index in [0.29, 0.717) is 19.4 Å². The molecule has 2 rings (SSSR count). The Balaban J connectivity index is 2.28. The van der Waals surface area contributed by atoms with E-state index in [1.165, 1.54) is 6.08 Å². The lowest BCUT2D eigenvalue weighted by Crippen LogP contribution is -2.13. The van der Waals surface area contributed by atoms with Crippen molar-refractivity contribution >= 4 is 5.78 Å². The summed E-state index contributed by atoms with van der Waals surface area (Å²) in [5, 5.41) is 9.53. The fourth-order valence-electron chi connectivity index (χ4n) is 2.20. The first-order valence-corrected chi connectivity index (χ1v) is 5.84. The molecule has 1 aromatic rings. The van der Waals surface area contributed by atoms with Gasteiger partial charge in [0.15, 0.2) is 5.78 Å². The maximum absolute atomic E-state index is 11.4. The van der Waals surface area contributed by atoms with Crippen LogP contribution in [0.4, 0.5) is 0 Å². The Kier molecular flexibility index (Phi) is 3.47. The van der Waals surface area contributed by atoms with Crippen molar-refractivity contribution < 1.29 is 14.6 Å². The molecule has 0 aromatic heterocycles. The lowest BCUT2D eigenvalue weighted by Gasteiger charge is -2.21. The van der Waals surface area contributed by atoms with Crippen molar-refractivity contribution in [2.45, 2.75) is 25.7 Å². The van der Waals surface area contributed by atoms with Crippen LogP contribution in [0.1, 0.15) is 31.2 Å². The Bertz CT molecular complexity index is 449. The van der Waals surface area contributed by atoms with Gasteiger partial charge in [-0.25, -0.2) is 0 Å². The van der Waals surface area contributed by atoms with E-state index in [0.717, 1.165) is 11.3 Å². The van der Waals surface area contributed by atoms with Gasteiger partial charge >= 0.3 is 0 Å². The second-order valence-electron chi connectivity index (χ2n) is 4.18. The van der Waals surface area contributed by atoms with Gasteiger partial charge < -0.3 is 9.84 Å². The van der Waals surface area contributed by atoms with Gasteiger partial charge in [-0.05, 0) is 18.6 Å². The fourth-order valence-corrected chi connectivity index (χ4v) is 2.20. The second-order valence-corrected chi connectivity index (χ2v) is 4.18. The molecule has 1 aromatic carbocycles. The van der Waals surface area contributed by atoms with Crippen LogP contribution < -0.4 is 4.74 Å². The average Bonchev–Trinajstić information content (AvgIpc) is 2.29. The van der Waals surface area contributed by atoms with Crippen LogP contribution in [0.25, 0.3) is 0 Å². The molecule has 0 heterocycles. The summed E-state index contributed by atoms with van der Waals surface area (Å²) < 4.78 is 5.55. The monoisotopic (exact) mass is 232 g/mol. The van der Waals surface area contributed by atoms with Gasteiger partial charge in [0, 0.05) is 24.8 Å². The molecule has 17 heavy (non-hydrogen) atoms. The maximum Gasteiger partial charge on any atom is 0.159 e. The maximum atomic E-state index is 11.4. The molecule has 1 unspecified atom stereocenters. The predicted molar refractivity (Wildman–Crippen MR) is 65.3 cm³/mol. The molecule has 3 nitrogen and oxygen atoms in total. The van der Waals surface area contributed by atoms with E-state index in [1.54, 1.807) is 0 Å². The first-order chi connectivity index (χ1) is 8.20. The fraction of sp³-hybridized carbons (Fsp3) is 0.357. The van der Waals surface area contributed by atoms with Gasteiger partial charge in [-0.3, -0.25) is 4.79 Å². The Morgan fingerprint density at radius 1 is 1.35 bits per heavy atom. The molecule has 90 valence electrons. The summed E-state index contributed by atoms with van der Waals surface area (Å²) in [7, 11) is 0. The third-order valence-corrected chi connectivity index (χ3v) is 2.89. The highest BCUT2D eigenvalue weighted by Gasteiger charge is 2.24. The minimum atomic E-state index is -0.0231. The van der Waals surface area contributed by atoms with Crippen LogP contribution in [-0.4, -0.2) is 17.5 Å². The number of ketones is 1. The summed E-state index contributed by atoms with van der Waals surface area (Å²) in [5.41, 5.74) is 1.00.